The van der Waals surface area contributed by atoms with Gasteiger partial charge in [0.15, 0.2) is 6.04 Å². The third-order valence-electron chi connectivity index (χ3n) is 3.27. The Bertz CT molecular complexity index is 564. The van der Waals surface area contributed by atoms with Gasteiger partial charge in [-0.05, 0) is 5.56 Å². The summed E-state index contributed by atoms with van der Waals surface area (Å²) in [6.07, 6.45) is -1.15. The molecule has 0 aliphatic carbocycles. The standard InChI is InChI=1S/C13H15N3O6/c14-12(17)11-10(8-9-4-2-1-3-5-9)22-13(18)15(11)6-7-21-16(19)20/h1-5,10-11H,6-8H2,(H2,14,17). The van der Waals surface area contributed by atoms with Crippen LogP contribution in [-0.2, 0) is 20.8 Å². The van der Waals surface area contributed by atoms with Crippen LogP contribution in [0.1, 0.15) is 5.56 Å². The lowest BCUT2D eigenvalue weighted by Crippen LogP contribution is -2.48. The molecule has 2 unspecified atom stereocenters. The first kappa shape index (κ1) is 15.5. The van der Waals surface area contributed by atoms with Crippen molar-refractivity contribution in [1.29, 1.82) is 0 Å². The van der Waals surface area contributed by atoms with Gasteiger partial charge >= 0.3 is 6.09 Å². The quantitative estimate of drug-likeness (QED) is 0.563. The van der Waals surface area contributed by atoms with Gasteiger partial charge < -0.3 is 15.3 Å². The Kier molecular flexibility index (Phi) is 4.77. The van der Waals surface area contributed by atoms with Crippen LogP contribution in [0.3, 0.4) is 0 Å². The molecule has 118 valence electrons. The maximum absolute atomic E-state index is 11.8. The lowest BCUT2D eigenvalue weighted by Gasteiger charge is -2.21. The zero-order valence-corrected chi connectivity index (χ0v) is 11.6. The summed E-state index contributed by atoms with van der Waals surface area (Å²) >= 11 is 0. The lowest BCUT2D eigenvalue weighted by atomic mass is 10.0. The maximum atomic E-state index is 11.8. The smallest absolute Gasteiger partial charge is 0.411 e. The Hall–Kier alpha value is -2.84. The van der Waals surface area contributed by atoms with E-state index in [9.17, 15) is 19.7 Å². The molecular weight excluding hydrogens is 294 g/mol. The Morgan fingerprint density at radius 1 is 1.41 bits per heavy atom. The topological polar surface area (TPSA) is 125 Å². The molecule has 1 aromatic carbocycles. The fourth-order valence-corrected chi connectivity index (χ4v) is 2.36. The zero-order valence-electron chi connectivity index (χ0n) is 11.6. The molecule has 0 spiro atoms. The van der Waals surface area contributed by atoms with E-state index in [0.717, 1.165) is 10.5 Å². The zero-order chi connectivity index (χ0) is 16.1. The van der Waals surface area contributed by atoms with Gasteiger partial charge in [0.25, 0.3) is 5.09 Å². The van der Waals surface area contributed by atoms with Crippen LogP contribution in [0.5, 0.6) is 0 Å². The average Bonchev–Trinajstić information content (AvgIpc) is 2.76. The summed E-state index contributed by atoms with van der Waals surface area (Å²) in [5.74, 6) is -0.729. The SMILES string of the molecule is NC(=O)C1C(Cc2ccccc2)OC(=O)N1CCO[N+](=O)[O-]. The molecule has 9 nitrogen and oxygen atoms in total. The fourth-order valence-electron chi connectivity index (χ4n) is 2.36. The number of cyclic esters (lactones) is 1. The van der Waals surface area contributed by atoms with Crippen molar-refractivity contribution in [2.45, 2.75) is 18.6 Å². The van der Waals surface area contributed by atoms with E-state index in [4.69, 9.17) is 10.5 Å². The van der Waals surface area contributed by atoms with E-state index in [1.54, 1.807) is 0 Å². The second-order valence-corrected chi connectivity index (χ2v) is 4.71. The summed E-state index contributed by atoms with van der Waals surface area (Å²) in [5.41, 5.74) is 6.22. The van der Waals surface area contributed by atoms with E-state index in [1.807, 2.05) is 30.3 Å². The number of nitrogens with two attached hydrogens (primary N) is 1. The van der Waals surface area contributed by atoms with Crippen molar-refractivity contribution < 1.29 is 24.3 Å². The summed E-state index contributed by atoms with van der Waals surface area (Å²) in [4.78, 5) is 38.8. The number of amides is 2. The third-order valence-corrected chi connectivity index (χ3v) is 3.27. The largest absolute Gasteiger partial charge is 0.443 e. The number of nitrogens with zero attached hydrogens (tertiary/aromatic N) is 2. The summed E-state index contributed by atoms with van der Waals surface area (Å²) in [7, 11) is 0. The molecule has 22 heavy (non-hydrogen) atoms. The van der Waals surface area contributed by atoms with Crippen molar-refractivity contribution in [3.63, 3.8) is 0 Å². The Morgan fingerprint density at radius 2 is 2.09 bits per heavy atom. The van der Waals surface area contributed by atoms with Crippen LogP contribution in [-0.4, -0.2) is 47.3 Å². The van der Waals surface area contributed by atoms with E-state index in [1.165, 1.54) is 0 Å². The minimum Gasteiger partial charge on any atom is -0.443 e. The second-order valence-electron chi connectivity index (χ2n) is 4.71. The van der Waals surface area contributed by atoms with Crippen LogP contribution < -0.4 is 5.73 Å². The molecule has 1 heterocycles. The van der Waals surface area contributed by atoms with Crippen LogP contribution in [0, 0.1) is 10.1 Å². The molecule has 1 aliphatic heterocycles. The molecule has 0 bridgehead atoms. The van der Waals surface area contributed by atoms with Crippen molar-refractivity contribution in [2.24, 2.45) is 5.73 Å². The highest BCUT2D eigenvalue weighted by atomic mass is 16.9. The van der Waals surface area contributed by atoms with Crippen molar-refractivity contribution in [2.75, 3.05) is 13.2 Å². The second kappa shape index (κ2) is 6.74. The number of rotatable bonds is 7. The number of benzene rings is 1. The fraction of sp³-hybridized carbons (Fsp3) is 0.385. The van der Waals surface area contributed by atoms with Gasteiger partial charge in [0, 0.05) is 13.0 Å². The van der Waals surface area contributed by atoms with E-state index in [0.29, 0.717) is 6.42 Å². The van der Waals surface area contributed by atoms with Crippen LogP contribution in [0.2, 0.25) is 0 Å². The van der Waals surface area contributed by atoms with Crippen LogP contribution in [0.4, 0.5) is 4.79 Å². The number of ether oxygens (including phenoxy) is 1. The first-order valence-electron chi connectivity index (χ1n) is 6.57. The highest BCUT2D eigenvalue weighted by molar-refractivity contribution is 5.87. The summed E-state index contributed by atoms with van der Waals surface area (Å²) < 4.78 is 5.17. The van der Waals surface area contributed by atoms with Gasteiger partial charge in [-0.2, -0.15) is 0 Å². The molecule has 9 heteroatoms. The molecule has 2 amide bonds. The number of primary amides is 1. The lowest BCUT2D eigenvalue weighted by molar-refractivity contribution is -0.757. The number of carbonyl (C=O) groups excluding carboxylic acids is 2. The maximum Gasteiger partial charge on any atom is 0.411 e. The third kappa shape index (κ3) is 3.62. The molecule has 2 rings (SSSR count). The van der Waals surface area contributed by atoms with Crippen LogP contribution in [0.15, 0.2) is 30.3 Å². The monoisotopic (exact) mass is 309 g/mol. The van der Waals surface area contributed by atoms with E-state index in [-0.39, 0.29) is 13.2 Å². The summed E-state index contributed by atoms with van der Waals surface area (Å²) in [6, 6.07) is 8.19. The first-order valence-corrected chi connectivity index (χ1v) is 6.57. The molecule has 2 atom stereocenters. The van der Waals surface area contributed by atoms with E-state index in [2.05, 4.69) is 4.84 Å². The Labute approximate surface area is 125 Å². The molecule has 1 fully saturated rings. The van der Waals surface area contributed by atoms with Crippen LogP contribution in [0.25, 0.3) is 0 Å². The Balaban J connectivity index is 2.06. The van der Waals surface area contributed by atoms with E-state index >= 15 is 0 Å². The van der Waals surface area contributed by atoms with Crippen molar-refractivity contribution in [1.82, 2.24) is 4.90 Å². The predicted molar refractivity (Wildman–Crippen MR) is 73.0 cm³/mol. The van der Waals surface area contributed by atoms with Gasteiger partial charge in [-0.1, -0.05) is 30.3 Å². The molecule has 1 saturated heterocycles. The van der Waals surface area contributed by atoms with Gasteiger partial charge in [0.05, 0.1) is 0 Å². The van der Waals surface area contributed by atoms with Gasteiger partial charge in [-0.3, -0.25) is 9.69 Å². The normalized spacial score (nSPS) is 20.5. The van der Waals surface area contributed by atoms with Gasteiger partial charge in [0.1, 0.15) is 12.7 Å². The van der Waals surface area contributed by atoms with E-state index < -0.39 is 29.2 Å². The highest BCUT2D eigenvalue weighted by Gasteiger charge is 2.44. The van der Waals surface area contributed by atoms with Crippen molar-refractivity contribution >= 4 is 12.0 Å². The van der Waals surface area contributed by atoms with Gasteiger partial charge in [-0.15, -0.1) is 10.1 Å². The number of hydrogen-bond donors (Lipinski definition) is 1. The van der Waals surface area contributed by atoms with Crippen molar-refractivity contribution in [3.05, 3.63) is 46.0 Å². The Morgan fingerprint density at radius 3 is 2.68 bits per heavy atom. The molecule has 0 aromatic heterocycles. The highest BCUT2D eigenvalue weighted by Crippen LogP contribution is 2.22. The minimum absolute atomic E-state index is 0.154. The molecule has 0 radical (unpaired) electrons. The molecule has 0 saturated carbocycles. The summed E-state index contributed by atoms with van der Waals surface area (Å²) in [5, 5.41) is 9.16. The number of hydrogen-bond acceptors (Lipinski definition) is 6. The van der Waals surface area contributed by atoms with Crippen LogP contribution >= 0.6 is 0 Å². The molecular formula is C13H15N3O6. The van der Waals surface area contributed by atoms with Crippen molar-refractivity contribution in [3.8, 4) is 0 Å². The predicted octanol–water partition coefficient (Wildman–Crippen LogP) is 0.112. The number of carbonyl (C=O) groups is 2. The first-order chi connectivity index (χ1) is 10.5. The molecule has 2 N–H and O–H groups in total. The molecule has 1 aliphatic rings. The molecule has 1 aromatic rings. The average molecular weight is 309 g/mol. The van der Waals surface area contributed by atoms with Gasteiger partial charge in [-0.25, -0.2) is 4.79 Å². The van der Waals surface area contributed by atoms with Gasteiger partial charge in [0.2, 0.25) is 5.91 Å². The minimum atomic E-state index is -0.983. The summed E-state index contributed by atoms with van der Waals surface area (Å²) in [6.45, 7) is -0.511.